The maximum absolute atomic E-state index is 13.6. The van der Waals surface area contributed by atoms with E-state index in [4.69, 9.17) is 9.47 Å². The fraction of sp³-hybridized carbons (Fsp3) is 0.286. The first-order valence-electron chi connectivity index (χ1n) is 6.08. The van der Waals surface area contributed by atoms with Crippen molar-refractivity contribution < 1.29 is 27.8 Å². The molecule has 0 unspecified atom stereocenters. The molecule has 5 nitrogen and oxygen atoms in total. The third kappa shape index (κ3) is 3.18. The number of hydrogen-bond donors (Lipinski definition) is 1. The molecule has 0 atom stereocenters. The van der Waals surface area contributed by atoms with Gasteiger partial charge in [0.15, 0.2) is 5.57 Å². The minimum Gasteiger partial charge on any atom is -0.419 e. The van der Waals surface area contributed by atoms with Crippen LogP contribution in [0.15, 0.2) is 23.9 Å². The van der Waals surface area contributed by atoms with E-state index in [1.54, 1.807) is 0 Å². The molecule has 1 saturated heterocycles. The Labute approximate surface area is 119 Å². The predicted molar refractivity (Wildman–Crippen MR) is 69.1 cm³/mol. The Bertz CT molecular complexity index is 607. The predicted octanol–water partition coefficient (Wildman–Crippen LogP) is 2.41. The van der Waals surface area contributed by atoms with Crippen molar-refractivity contribution in [2.45, 2.75) is 26.6 Å². The average Bonchev–Trinajstić information content (AvgIpc) is 2.29. The van der Waals surface area contributed by atoms with E-state index in [-0.39, 0.29) is 0 Å². The zero-order valence-corrected chi connectivity index (χ0v) is 11.6. The molecule has 0 saturated carbocycles. The molecular weight excluding hydrogens is 284 g/mol. The van der Waals surface area contributed by atoms with Crippen LogP contribution >= 0.6 is 0 Å². The molecule has 1 aromatic rings. The molecule has 0 aromatic heterocycles. The Hall–Kier alpha value is -2.44. The quantitative estimate of drug-likeness (QED) is 0.516. The summed E-state index contributed by atoms with van der Waals surface area (Å²) in [5, 5.41) is 2.25. The highest BCUT2D eigenvalue weighted by Gasteiger charge is 2.39. The summed E-state index contributed by atoms with van der Waals surface area (Å²) in [6, 6.07) is 2.23. The zero-order valence-electron chi connectivity index (χ0n) is 11.6. The lowest BCUT2D eigenvalue weighted by atomic mass is 10.2. The summed E-state index contributed by atoms with van der Waals surface area (Å²) >= 11 is 0. The Morgan fingerprint density at radius 2 is 1.57 bits per heavy atom. The lowest BCUT2D eigenvalue weighted by molar-refractivity contribution is -0.222. The highest BCUT2D eigenvalue weighted by Crippen LogP contribution is 2.24. The molecule has 1 N–H and O–H groups in total. The summed E-state index contributed by atoms with van der Waals surface area (Å²) in [6.45, 7) is 4.32. The molecule has 2 rings (SSSR count). The standard InChI is InChI=1S/C14H13F2NO4/c1-7-4-9(15)11(10(16)5-7)17-6-8-12(18)20-14(2,3)21-13(8)19/h4-6,17H,1-3H3. The SMILES string of the molecule is Cc1cc(F)c(NC=C2C(=O)OC(C)(C)OC2=O)c(F)c1. The van der Waals surface area contributed by atoms with Crippen molar-refractivity contribution in [3.63, 3.8) is 0 Å². The fourth-order valence-corrected chi connectivity index (χ4v) is 1.76. The van der Waals surface area contributed by atoms with Gasteiger partial charge in [-0.15, -0.1) is 0 Å². The van der Waals surface area contributed by atoms with Gasteiger partial charge in [-0.3, -0.25) is 0 Å². The molecule has 1 aromatic carbocycles. The lowest BCUT2D eigenvalue weighted by Crippen LogP contribution is -2.42. The third-order valence-electron chi connectivity index (χ3n) is 2.66. The van der Waals surface area contributed by atoms with E-state index in [1.165, 1.54) is 20.8 Å². The molecule has 7 heteroatoms. The minimum absolute atomic E-state index is 0.404. The molecular formula is C14H13F2NO4. The summed E-state index contributed by atoms with van der Waals surface area (Å²) in [5.74, 6) is -4.93. The molecule has 0 bridgehead atoms. The fourth-order valence-electron chi connectivity index (χ4n) is 1.76. The number of carbonyl (C=O) groups is 2. The summed E-state index contributed by atoms with van der Waals surface area (Å²) in [4.78, 5) is 23.3. The van der Waals surface area contributed by atoms with Crippen molar-refractivity contribution in [2.75, 3.05) is 5.32 Å². The number of benzene rings is 1. The summed E-state index contributed by atoms with van der Waals surface area (Å²) in [5.41, 5.74) is -0.548. The summed E-state index contributed by atoms with van der Waals surface area (Å²) in [7, 11) is 0. The van der Waals surface area contributed by atoms with Gasteiger partial charge in [0, 0.05) is 20.0 Å². The molecule has 1 aliphatic rings. The van der Waals surface area contributed by atoms with Gasteiger partial charge < -0.3 is 14.8 Å². The van der Waals surface area contributed by atoms with Gasteiger partial charge in [-0.25, -0.2) is 18.4 Å². The van der Waals surface area contributed by atoms with Crippen LogP contribution in [0.1, 0.15) is 19.4 Å². The van der Waals surface area contributed by atoms with E-state index in [0.29, 0.717) is 5.56 Å². The maximum Gasteiger partial charge on any atom is 0.350 e. The monoisotopic (exact) mass is 297 g/mol. The highest BCUT2D eigenvalue weighted by atomic mass is 19.1. The Kier molecular flexibility index (Phi) is 3.67. The molecule has 112 valence electrons. The van der Waals surface area contributed by atoms with Gasteiger partial charge in [0.2, 0.25) is 0 Å². The zero-order chi connectivity index (χ0) is 15.8. The lowest BCUT2D eigenvalue weighted by Gasteiger charge is -2.29. The van der Waals surface area contributed by atoms with E-state index in [1.807, 2.05) is 0 Å². The van der Waals surface area contributed by atoms with E-state index >= 15 is 0 Å². The maximum atomic E-state index is 13.6. The van der Waals surface area contributed by atoms with E-state index in [2.05, 4.69) is 5.32 Å². The molecule has 1 fully saturated rings. The number of nitrogens with one attached hydrogen (secondary N) is 1. The van der Waals surface area contributed by atoms with Crippen LogP contribution in [0.2, 0.25) is 0 Å². The van der Waals surface area contributed by atoms with Gasteiger partial charge in [-0.1, -0.05) is 0 Å². The van der Waals surface area contributed by atoms with Crippen LogP contribution in [-0.4, -0.2) is 17.7 Å². The Morgan fingerprint density at radius 1 is 1.10 bits per heavy atom. The van der Waals surface area contributed by atoms with E-state index in [9.17, 15) is 18.4 Å². The van der Waals surface area contributed by atoms with Crippen molar-refractivity contribution in [1.29, 1.82) is 0 Å². The van der Waals surface area contributed by atoms with Crippen LogP contribution in [0.3, 0.4) is 0 Å². The highest BCUT2D eigenvalue weighted by molar-refractivity contribution is 6.15. The molecule has 21 heavy (non-hydrogen) atoms. The number of cyclic esters (lactones) is 2. The number of hydrogen-bond acceptors (Lipinski definition) is 5. The number of carbonyl (C=O) groups excluding carboxylic acids is 2. The molecule has 0 radical (unpaired) electrons. The van der Waals surface area contributed by atoms with Crippen molar-refractivity contribution in [2.24, 2.45) is 0 Å². The molecule has 0 amide bonds. The molecule has 1 aliphatic heterocycles. The van der Waals surface area contributed by atoms with Crippen LogP contribution in [0, 0.1) is 18.6 Å². The minimum atomic E-state index is -1.37. The van der Waals surface area contributed by atoms with E-state index in [0.717, 1.165) is 18.3 Å². The van der Waals surface area contributed by atoms with Crippen LogP contribution in [0.25, 0.3) is 0 Å². The van der Waals surface area contributed by atoms with Crippen LogP contribution in [-0.2, 0) is 19.1 Å². The van der Waals surface area contributed by atoms with Crippen molar-refractivity contribution in [3.05, 3.63) is 41.1 Å². The van der Waals surface area contributed by atoms with Crippen LogP contribution < -0.4 is 5.32 Å². The van der Waals surface area contributed by atoms with Crippen LogP contribution in [0.4, 0.5) is 14.5 Å². The second-order valence-corrected chi connectivity index (χ2v) is 4.98. The van der Waals surface area contributed by atoms with Crippen molar-refractivity contribution in [3.8, 4) is 0 Å². The Morgan fingerprint density at radius 3 is 2.05 bits per heavy atom. The first kappa shape index (κ1) is 15.0. The second kappa shape index (κ2) is 5.16. The third-order valence-corrected chi connectivity index (χ3v) is 2.66. The number of esters is 2. The normalized spacial score (nSPS) is 17.1. The van der Waals surface area contributed by atoms with Gasteiger partial charge in [0.1, 0.15) is 17.3 Å². The largest absolute Gasteiger partial charge is 0.419 e. The topological polar surface area (TPSA) is 64.6 Å². The van der Waals surface area contributed by atoms with Gasteiger partial charge in [-0.2, -0.15) is 0 Å². The number of anilines is 1. The van der Waals surface area contributed by atoms with Gasteiger partial charge in [-0.05, 0) is 24.6 Å². The first-order chi connectivity index (χ1) is 9.69. The van der Waals surface area contributed by atoms with Gasteiger partial charge in [0.25, 0.3) is 5.79 Å². The smallest absolute Gasteiger partial charge is 0.350 e. The Balaban J connectivity index is 2.26. The van der Waals surface area contributed by atoms with Gasteiger partial charge in [0.05, 0.1) is 0 Å². The average molecular weight is 297 g/mol. The second-order valence-electron chi connectivity index (χ2n) is 4.98. The summed E-state index contributed by atoms with van der Waals surface area (Å²) in [6.07, 6.45) is 0.858. The molecule has 1 heterocycles. The van der Waals surface area contributed by atoms with Crippen molar-refractivity contribution in [1.82, 2.24) is 0 Å². The summed E-state index contributed by atoms with van der Waals surface area (Å²) < 4.78 is 36.9. The number of halogens is 2. The number of aryl methyl sites for hydroxylation is 1. The van der Waals surface area contributed by atoms with E-state index < -0.39 is 40.6 Å². The molecule has 0 aliphatic carbocycles. The molecule has 0 spiro atoms. The van der Waals surface area contributed by atoms with Crippen LogP contribution in [0.5, 0.6) is 0 Å². The number of rotatable bonds is 2. The van der Waals surface area contributed by atoms with Gasteiger partial charge >= 0.3 is 11.9 Å². The first-order valence-corrected chi connectivity index (χ1v) is 6.08. The number of ether oxygens (including phenoxy) is 2. The van der Waals surface area contributed by atoms with Crippen molar-refractivity contribution >= 4 is 17.6 Å².